The molecule has 1 aromatic carbocycles. The third kappa shape index (κ3) is 6.99. The first kappa shape index (κ1) is 31.2. The minimum atomic E-state index is -0.962. The highest BCUT2D eigenvalue weighted by molar-refractivity contribution is 8.15. The number of thioether (sulfide) groups is 1. The van der Waals surface area contributed by atoms with E-state index in [0.29, 0.717) is 51.2 Å². The molecule has 0 spiro atoms. The van der Waals surface area contributed by atoms with Crippen LogP contribution in [-0.2, 0) is 19.1 Å². The van der Waals surface area contributed by atoms with Crippen molar-refractivity contribution >= 4 is 62.2 Å². The lowest BCUT2D eigenvalue weighted by Crippen LogP contribution is -2.34. The molecule has 1 atom stereocenters. The number of fused-ring (bicyclic) bond motifs is 1. The van der Waals surface area contributed by atoms with Crippen molar-refractivity contribution < 1.29 is 33.8 Å². The van der Waals surface area contributed by atoms with Crippen LogP contribution >= 0.6 is 23.1 Å². The number of ether oxygens (including phenoxy) is 2. The van der Waals surface area contributed by atoms with Crippen LogP contribution < -0.4 is 4.74 Å². The molecule has 1 aromatic heterocycles. The van der Waals surface area contributed by atoms with Crippen LogP contribution in [0.5, 0.6) is 5.75 Å². The second-order valence-corrected chi connectivity index (χ2v) is 12.9. The molecule has 1 N–H and O–H groups in total. The number of benzene rings is 1. The SMILES string of the molecule is C=C1C=C(C)C(=O)C(C)=C1C(C)(C)CC(=O)N(C)CCCOC(=O)Oc1ccc2nc(C3=N[C@@H](C(=O)O)CS3)sc2c1. The Labute approximate surface area is 252 Å². The lowest BCUT2D eigenvalue weighted by atomic mass is 9.72. The van der Waals surface area contributed by atoms with Crippen LogP contribution in [0.25, 0.3) is 10.2 Å². The van der Waals surface area contributed by atoms with Gasteiger partial charge >= 0.3 is 12.1 Å². The number of ketones is 1. The molecule has 1 aliphatic heterocycles. The number of aromatic nitrogens is 1. The summed E-state index contributed by atoms with van der Waals surface area (Å²) in [5, 5.41) is 10.4. The fraction of sp³-hybridized carbons (Fsp3) is 0.400. The smallest absolute Gasteiger partial charge is 0.480 e. The summed E-state index contributed by atoms with van der Waals surface area (Å²) >= 11 is 2.69. The van der Waals surface area contributed by atoms with Gasteiger partial charge in [0.1, 0.15) is 15.8 Å². The van der Waals surface area contributed by atoms with Crippen LogP contribution in [0.1, 0.15) is 45.5 Å². The second kappa shape index (κ2) is 12.6. The molecule has 2 aromatic rings. The largest absolute Gasteiger partial charge is 0.513 e. The van der Waals surface area contributed by atoms with Crippen molar-refractivity contribution in [3.05, 3.63) is 58.2 Å². The number of carboxylic acid groups (broad SMARTS) is 1. The number of rotatable bonds is 10. The van der Waals surface area contributed by atoms with Crippen LogP contribution in [0.4, 0.5) is 4.79 Å². The predicted octanol–water partition coefficient (Wildman–Crippen LogP) is 5.42. The quantitative estimate of drug-likeness (QED) is 0.212. The summed E-state index contributed by atoms with van der Waals surface area (Å²) in [6, 6.07) is 4.22. The Bertz CT molecular complexity index is 1570. The molecule has 2 aliphatic rings. The summed E-state index contributed by atoms with van der Waals surface area (Å²) in [5.41, 5.74) is 2.93. The van der Waals surface area contributed by atoms with E-state index < -0.39 is 23.6 Å². The minimum absolute atomic E-state index is 0.0270. The van der Waals surface area contributed by atoms with Crippen LogP contribution in [-0.4, -0.2) is 75.8 Å². The van der Waals surface area contributed by atoms with Gasteiger partial charge in [0, 0.05) is 37.4 Å². The monoisotopic (exact) mass is 611 g/mol. The first-order chi connectivity index (χ1) is 19.8. The van der Waals surface area contributed by atoms with Gasteiger partial charge in [0.05, 0.1) is 16.8 Å². The molecular weight excluding hydrogens is 578 g/mol. The van der Waals surface area contributed by atoms with Crippen molar-refractivity contribution in [1.82, 2.24) is 9.88 Å². The molecule has 42 heavy (non-hydrogen) atoms. The molecule has 1 amide bonds. The van der Waals surface area contributed by atoms with Crippen LogP contribution in [0.3, 0.4) is 0 Å². The number of aliphatic carboxylic acids is 1. The van der Waals surface area contributed by atoms with Gasteiger partial charge in [-0.25, -0.2) is 14.6 Å². The molecule has 12 heteroatoms. The molecule has 0 fully saturated rings. The Morgan fingerprint density at radius 1 is 1.24 bits per heavy atom. The molecule has 2 heterocycles. The maximum absolute atomic E-state index is 13.0. The zero-order valence-corrected chi connectivity index (χ0v) is 25.8. The highest BCUT2D eigenvalue weighted by Gasteiger charge is 2.34. The number of carboxylic acids is 1. The highest BCUT2D eigenvalue weighted by Crippen LogP contribution is 2.41. The average molecular weight is 612 g/mol. The number of amides is 1. The van der Waals surface area contributed by atoms with E-state index in [4.69, 9.17) is 14.6 Å². The van der Waals surface area contributed by atoms with Crippen molar-refractivity contribution in [2.24, 2.45) is 10.4 Å². The van der Waals surface area contributed by atoms with Gasteiger partial charge in [0.25, 0.3) is 0 Å². The molecule has 0 radical (unpaired) electrons. The average Bonchev–Trinajstić information content (AvgIpc) is 3.56. The number of thiazole rings is 1. The Balaban J connectivity index is 1.24. The van der Waals surface area contributed by atoms with Crippen molar-refractivity contribution in [2.45, 2.75) is 46.6 Å². The normalized spacial score (nSPS) is 17.3. The topological polar surface area (TPSA) is 135 Å². The number of carbonyl (C=O) groups excluding carboxylic acids is 3. The van der Waals surface area contributed by atoms with E-state index in [-0.39, 0.29) is 24.7 Å². The minimum Gasteiger partial charge on any atom is -0.480 e. The zero-order chi connectivity index (χ0) is 30.8. The summed E-state index contributed by atoms with van der Waals surface area (Å²) < 4.78 is 11.3. The lowest BCUT2D eigenvalue weighted by molar-refractivity contribution is -0.137. The molecule has 222 valence electrons. The number of aliphatic imine (C=N–C) groups is 1. The van der Waals surface area contributed by atoms with E-state index in [2.05, 4.69) is 16.6 Å². The molecule has 0 bridgehead atoms. The van der Waals surface area contributed by atoms with E-state index in [9.17, 15) is 19.2 Å². The van der Waals surface area contributed by atoms with Crippen molar-refractivity contribution in [3.8, 4) is 5.75 Å². The van der Waals surface area contributed by atoms with Crippen LogP contribution in [0.2, 0.25) is 0 Å². The summed E-state index contributed by atoms with van der Waals surface area (Å²) in [5.74, 6) is -0.417. The summed E-state index contributed by atoms with van der Waals surface area (Å²) in [6.45, 7) is 11.9. The van der Waals surface area contributed by atoms with Gasteiger partial charge in [-0.3, -0.25) is 14.6 Å². The zero-order valence-electron chi connectivity index (χ0n) is 24.2. The Morgan fingerprint density at radius 3 is 2.67 bits per heavy atom. The molecule has 4 rings (SSSR count). The third-order valence-corrected chi connectivity index (χ3v) is 9.23. The predicted molar refractivity (Wildman–Crippen MR) is 163 cm³/mol. The van der Waals surface area contributed by atoms with Crippen LogP contribution in [0.15, 0.2) is 58.1 Å². The fourth-order valence-electron chi connectivity index (χ4n) is 4.98. The van der Waals surface area contributed by atoms with Gasteiger partial charge in [-0.2, -0.15) is 0 Å². The Morgan fingerprint density at radius 2 is 1.98 bits per heavy atom. The molecule has 0 unspecified atom stereocenters. The van der Waals surface area contributed by atoms with Crippen molar-refractivity contribution in [2.75, 3.05) is 26.0 Å². The van der Waals surface area contributed by atoms with E-state index in [1.807, 2.05) is 13.8 Å². The third-order valence-electron chi connectivity index (χ3n) is 7.02. The van der Waals surface area contributed by atoms with Gasteiger partial charge in [-0.15, -0.1) is 23.1 Å². The van der Waals surface area contributed by atoms with Gasteiger partial charge in [-0.05, 0) is 60.6 Å². The Hall–Kier alpha value is -3.77. The van der Waals surface area contributed by atoms with E-state index in [1.165, 1.54) is 23.1 Å². The molecule has 0 saturated heterocycles. The van der Waals surface area contributed by atoms with Crippen molar-refractivity contribution in [1.29, 1.82) is 0 Å². The number of hydrogen-bond acceptors (Lipinski definition) is 10. The Kier molecular flexibility index (Phi) is 9.37. The highest BCUT2D eigenvalue weighted by atomic mass is 32.2. The number of carbonyl (C=O) groups is 4. The molecule has 1 aliphatic carbocycles. The number of Topliss-reactive ketones (excluding diaryl/α,β-unsaturated/α-hetero) is 1. The summed E-state index contributed by atoms with van der Waals surface area (Å²) in [7, 11) is 1.69. The number of allylic oxidation sites excluding steroid dienone is 5. The summed E-state index contributed by atoms with van der Waals surface area (Å²) in [4.78, 5) is 59.2. The van der Waals surface area contributed by atoms with Gasteiger partial charge in [-0.1, -0.05) is 20.4 Å². The van der Waals surface area contributed by atoms with Gasteiger partial charge < -0.3 is 19.5 Å². The second-order valence-electron chi connectivity index (χ2n) is 10.9. The van der Waals surface area contributed by atoms with Crippen LogP contribution in [0, 0.1) is 5.41 Å². The fourth-order valence-corrected chi connectivity index (χ4v) is 7.07. The molecular formula is C30H33N3O7S2. The standard InChI is InChI=1S/C30H33N3O7S2/c1-16-12-17(2)25(35)18(3)24(16)30(4,5)14-23(34)33(6)10-7-11-39-29(38)40-19-8-9-20-22(13-19)42-27(31-20)26-32-21(15-41-26)28(36)37/h8-9,12-13,21H,1,7,10-11,14-15H2,2-6H3,(H,36,37)/t21-/m1/s1. The van der Waals surface area contributed by atoms with E-state index in [1.54, 1.807) is 50.1 Å². The van der Waals surface area contributed by atoms with Crippen molar-refractivity contribution in [3.63, 3.8) is 0 Å². The first-order valence-corrected chi connectivity index (χ1v) is 15.1. The number of nitrogens with zero attached hydrogens (tertiary/aromatic N) is 3. The van der Waals surface area contributed by atoms with Gasteiger partial charge in [0.15, 0.2) is 11.8 Å². The van der Waals surface area contributed by atoms with E-state index in [0.717, 1.165) is 15.8 Å². The molecule has 0 saturated carbocycles. The summed E-state index contributed by atoms with van der Waals surface area (Å²) in [6.07, 6.45) is 1.53. The maximum atomic E-state index is 13.0. The van der Waals surface area contributed by atoms with E-state index >= 15 is 0 Å². The first-order valence-electron chi connectivity index (χ1n) is 13.3. The van der Waals surface area contributed by atoms with Gasteiger partial charge in [0.2, 0.25) is 5.91 Å². The lowest BCUT2D eigenvalue weighted by Gasteiger charge is -2.33. The number of hydrogen-bond donors (Lipinski definition) is 1. The molecule has 10 nitrogen and oxygen atoms in total. The maximum Gasteiger partial charge on any atom is 0.513 e.